The van der Waals surface area contributed by atoms with Gasteiger partial charge >= 0.3 is 0 Å². The molecule has 0 saturated heterocycles. The summed E-state index contributed by atoms with van der Waals surface area (Å²) in [6.45, 7) is 10.6. The smallest absolute Gasteiger partial charge is 0.195 e. The third-order valence-electron chi connectivity index (χ3n) is 5.16. The molecule has 1 aliphatic rings. The van der Waals surface area contributed by atoms with Gasteiger partial charge in [0.1, 0.15) is 5.71 Å². The summed E-state index contributed by atoms with van der Waals surface area (Å²) in [6, 6.07) is 30.2. The third-order valence-corrected chi connectivity index (χ3v) is 6.08. The molecule has 1 aliphatic carbocycles. The third kappa shape index (κ3) is 5.22. The predicted octanol–water partition coefficient (Wildman–Crippen LogP) is 7.25. The van der Waals surface area contributed by atoms with Gasteiger partial charge in [-0.3, -0.25) is 0 Å². The van der Waals surface area contributed by atoms with Crippen LogP contribution >= 0.6 is 0 Å². The molecular weight excluding hydrogens is 434 g/mol. The molecule has 0 aromatic heterocycles. The molecule has 4 rings (SSSR count). The van der Waals surface area contributed by atoms with Crippen LogP contribution in [0, 0.1) is 11.8 Å². The minimum atomic E-state index is -2.08. The van der Waals surface area contributed by atoms with Gasteiger partial charge in [-0.2, -0.15) is 0 Å². The van der Waals surface area contributed by atoms with Crippen LogP contribution in [-0.2, 0) is 9.16 Å². The summed E-state index contributed by atoms with van der Waals surface area (Å²) in [5.74, 6) is 7.65. The Morgan fingerprint density at radius 3 is 1.91 bits per heavy atom. The van der Waals surface area contributed by atoms with Crippen LogP contribution in [0.3, 0.4) is 0 Å². The fourth-order valence-electron chi connectivity index (χ4n) is 3.93. The number of benzene rings is 3. The highest BCUT2D eigenvalue weighted by atomic mass is 28.4. The lowest BCUT2D eigenvalue weighted by molar-refractivity contribution is 0.140. The van der Waals surface area contributed by atoms with Gasteiger partial charge in [0.2, 0.25) is 0 Å². The molecule has 3 aromatic rings. The predicted molar refractivity (Wildman–Crippen MR) is 144 cm³/mol. The van der Waals surface area contributed by atoms with Crippen molar-refractivity contribution >= 4 is 25.3 Å². The first-order valence-electron chi connectivity index (χ1n) is 11.7. The standard InChI is InChI=1S/C30H31NO2Si/c1-23(2)32-28-27(25-17-11-7-12-18-25)30(33-34(3,4)5,22-21-24-15-9-6-10-16-24)29(28)31-26-19-13-8-14-20-26/h6-20,23H,1-5H3. The summed E-state index contributed by atoms with van der Waals surface area (Å²) >= 11 is 0. The number of nitrogens with zero attached hydrogens (tertiary/aromatic N) is 1. The average Bonchev–Trinajstić information content (AvgIpc) is 2.81. The Morgan fingerprint density at radius 2 is 1.35 bits per heavy atom. The van der Waals surface area contributed by atoms with E-state index in [1.807, 2.05) is 92.7 Å². The summed E-state index contributed by atoms with van der Waals surface area (Å²) in [4.78, 5) is 5.05. The van der Waals surface area contributed by atoms with Crippen molar-refractivity contribution in [1.82, 2.24) is 0 Å². The fraction of sp³-hybridized carbons (Fsp3) is 0.233. The molecule has 3 nitrogen and oxygen atoms in total. The summed E-state index contributed by atoms with van der Waals surface area (Å²) < 4.78 is 13.3. The van der Waals surface area contributed by atoms with E-state index in [0.29, 0.717) is 0 Å². The lowest BCUT2D eigenvalue weighted by Gasteiger charge is -2.46. The normalized spacial score (nSPS) is 18.9. The molecule has 0 radical (unpaired) electrons. The second kappa shape index (κ2) is 9.85. The zero-order valence-corrected chi connectivity index (χ0v) is 21.5. The minimum Gasteiger partial charge on any atom is -0.488 e. The van der Waals surface area contributed by atoms with Crippen molar-refractivity contribution in [3.8, 4) is 11.8 Å². The van der Waals surface area contributed by atoms with E-state index in [1.54, 1.807) is 0 Å². The summed E-state index contributed by atoms with van der Waals surface area (Å²) in [7, 11) is -2.08. The number of rotatable bonds is 6. The molecule has 1 unspecified atom stereocenters. The Morgan fingerprint density at radius 1 is 0.794 bits per heavy atom. The summed E-state index contributed by atoms with van der Waals surface area (Å²) in [6.07, 6.45) is -0.0124. The van der Waals surface area contributed by atoms with Gasteiger partial charge in [-0.1, -0.05) is 78.6 Å². The van der Waals surface area contributed by atoms with E-state index in [0.717, 1.165) is 33.9 Å². The van der Waals surface area contributed by atoms with Crippen LogP contribution in [0.5, 0.6) is 0 Å². The van der Waals surface area contributed by atoms with Crippen molar-refractivity contribution in [3.05, 3.63) is 108 Å². The molecule has 34 heavy (non-hydrogen) atoms. The van der Waals surface area contributed by atoms with Crippen LogP contribution in [0.25, 0.3) is 5.57 Å². The molecule has 0 fully saturated rings. The largest absolute Gasteiger partial charge is 0.488 e. The van der Waals surface area contributed by atoms with Gasteiger partial charge < -0.3 is 9.16 Å². The van der Waals surface area contributed by atoms with Crippen LogP contribution in [0.15, 0.2) is 102 Å². The molecule has 0 heterocycles. The maximum absolute atomic E-state index is 6.94. The lowest BCUT2D eigenvalue weighted by atomic mass is 9.72. The van der Waals surface area contributed by atoms with Crippen molar-refractivity contribution in [2.75, 3.05) is 0 Å². The number of para-hydroxylation sites is 1. The molecule has 172 valence electrons. The molecule has 0 aliphatic heterocycles. The molecule has 4 heteroatoms. The highest BCUT2D eigenvalue weighted by Gasteiger charge is 2.56. The quantitative estimate of drug-likeness (QED) is 0.283. The first-order valence-corrected chi connectivity index (χ1v) is 15.1. The monoisotopic (exact) mass is 465 g/mol. The van der Waals surface area contributed by atoms with Crippen LogP contribution < -0.4 is 0 Å². The molecule has 0 N–H and O–H groups in total. The second-order valence-electron chi connectivity index (χ2n) is 9.54. The average molecular weight is 466 g/mol. The maximum atomic E-state index is 6.94. The van der Waals surface area contributed by atoms with Crippen LogP contribution in [0.1, 0.15) is 25.0 Å². The van der Waals surface area contributed by atoms with Crippen molar-refractivity contribution in [2.24, 2.45) is 4.99 Å². The van der Waals surface area contributed by atoms with Gasteiger partial charge in [0, 0.05) is 5.56 Å². The number of hydrogen-bond acceptors (Lipinski definition) is 3. The molecule has 0 saturated carbocycles. The van der Waals surface area contributed by atoms with Crippen molar-refractivity contribution < 1.29 is 9.16 Å². The molecule has 0 spiro atoms. The van der Waals surface area contributed by atoms with E-state index in [-0.39, 0.29) is 6.10 Å². The van der Waals surface area contributed by atoms with Gasteiger partial charge in [0.25, 0.3) is 0 Å². The van der Waals surface area contributed by atoms with Gasteiger partial charge in [-0.25, -0.2) is 4.99 Å². The first kappa shape index (κ1) is 23.8. The second-order valence-corrected chi connectivity index (χ2v) is 14.0. The van der Waals surface area contributed by atoms with Crippen LogP contribution in [0.2, 0.25) is 19.6 Å². The molecule has 1 atom stereocenters. The van der Waals surface area contributed by atoms with Gasteiger partial charge in [0.15, 0.2) is 19.7 Å². The number of hydrogen-bond donors (Lipinski definition) is 0. The van der Waals surface area contributed by atoms with Crippen molar-refractivity contribution in [2.45, 2.75) is 45.2 Å². The lowest BCUT2D eigenvalue weighted by Crippen LogP contribution is -2.56. The Hall–Kier alpha value is -3.39. The highest BCUT2D eigenvalue weighted by Crippen LogP contribution is 2.48. The Labute approximate surface area is 204 Å². The fourth-order valence-corrected chi connectivity index (χ4v) is 5.10. The van der Waals surface area contributed by atoms with E-state index >= 15 is 0 Å². The summed E-state index contributed by atoms with van der Waals surface area (Å²) in [5, 5.41) is 0. The van der Waals surface area contributed by atoms with Crippen molar-refractivity contribution in [3.63, 3.8) is 0 Å². The Balaban J connectivity index is 2.01. The molecule has 3 aromatic carbocycles. The Bertz CT molecular complexity index is 1250. The van der Waals surface area contributed by atoms with E-state index in [9.17, 15) is 0 Å². The Kier molecular flexibility index (Phi) is 6.88. The van der Waals surface area contributed by atoms with E-state index in [1.165, 1.54) is 0 Å². The SMILES string of the molecule is CC(C)OC1=C(c2ccccc2)C(C#Cc2ccccc2)(O[Si](C)(C)C)C1=Nc1ccccc1. The van der Waals surface area contributed by atoms with Crippen LogP contribution in [-0.4, -0.2) is 25.7 Å². The van der Waals surface area contributed by atoms with Gasteiger partial charge in [0.05, 0.1) is 17.4 Å². The van der Waals surface area contributed by atoms with E-state index < -0.39 is 13.9 Å². The topological polar surface area (TPSA) is 30.8 Å². The minimum absolute atomic E-state index is 0.0124. The van der Waals surface area contributed by atoms with E-state index in [4.69, 9.17) is 14.2 Å². The van der Waals surface area contributed by atoms with Crippen LogP contribution in [0.4, 0.5) is 5.69 Å². The zero-order chi connectivity index (χ0) is 24.2. The van der Waals surface area contributed by atoms with Gasteiger partial charge in [-0.15, -0.1) is 0 Å². The molecule has 0 bridgehead atoms. The number of aliphatic imine (C=N–C) groups is 1. The highest BCUT2D eigenvalue weighted by molar-refractivity contribution is 6.70. The van der Waals surface area contributed by atoms with Crippen molar-refractivity contribution in [1.29, 1.82) is 0 Å². The summed E-state index contributed by atoms with van der Waals surface area (Å²) in [5.41, 5.74) is 3.51. The first-order chi connectivity index (χ1) is 16.3. The maximum Gasteiger partial charge on any atom is 0.195 e. The van der Waals surface area contributed by atoms with Gasteiger partial charge in [-0.05, 0) is 63.3 Å². The molecular formula is C30H31NO2Si. The van der Waals surface area contributed by atoms with E-state index in [2.05, 4.69) is 43.6 Å². The zero-order valence-electron chi connectivity index (χ0n) is 20.5. The number of ether oxygens (including phenoxy) is 1. The molecule has 0 amide bonds.